The van der Waals surface area contributed by atoms with Crippen molar-refractivity contribution >= 4 is 15.9 Å². The van der Waals surface area contributed by atoms with Gasteiger partial charge in [-0.2, -0.15) is 0 Å². The van der Waals surface area contributed by atoms with E-state index in [2.05, 4.69) is 60.2 Å². The summed E-state index contributed by atoms with van der Waals surface area (Å²) in [6, 6.07) is 7.15. The molecule has 2 heteroatoms. The van der Waals surface area contributed by atoms with Gasteiger partial charge in [-0.25, -0.2) is 0 Å². The second-order valence-corrected chi connectivity index (χ2v) is 6.83. The van der Waals surface area contributed by atoms with Gasteiger partial charge < -0.3 is 5.32 Å². The van der Waals surface area contributed by atoms with Crippen molar-refractivity contribution in [2.45, 2.75) is 52.5 Å². The summed E-state index contributed by atoms with van der Waals surface area (Å²) < 4.78 is 1.29. The third kappa shape index (κ3) is 3.61. The monoisotopic (exact) mass is 323 g/mol. The van der Waals surface area contributed by atoms with Crippen LogP contribution in [0.5, 0.6) is 0 Å². The first kappa shape index (κ1) is 15.1. The molecule has 19 heavy (non-hydrogen) atoms. The Bertz CT molecular complexity index is 408. The van der Waals surface area contributed by atoms with Gasteiger partial charge in [-0.1, -0.05) is 60.8 Å². The first-order valence-electron chi connectivity index (χ1n) is 7.61. The quantitative estimate of drug-likeness (QED) is 0.799. The molecule has 0 radical (unpaired) electrons. The van der Waals surface area contributed by atoms with E-state index in [1.807, 2.05) is 0 Å². The van der Waals surface area contributed by atoms with Gasteiger partial charge in [0.2, 0.25) is 0 Å². The van der Waals surface area contributed by atoms with Crippen molar-refractivity contribution in [2.75, 3.05) is 6.54 Å². The number of halogens is 1. The van der Waals surface area contributed by atoms with Crippen LogP contribution in [0, 0.1) is 18.8 Å². The molecule has 1 atom stereocenters. The molecule has 2 rings (SSSR count). The van der Waals surface area contributed by atoms with Gasteiger partial charge in [-0.05, 0) is 49.3 Å². The van der Waals surface area contributed by atoms with E-state index in [0.29, 0.717) is 6.04 Å². The molecule has 0 saturated heterocycles. The van der Waals surface area contributed by atoms with E-state index in [9.17, 15) is 0 Å². The van der Waals surface area contributed by atoms with Gasteiger partial charge in [0.15, 0.2) is 0 Å². The van der Waals surface area contributed by atoms with Crippen molar-refractivity contribution in [3.63, 3.8) is 0 Å². The highest BCUT2D eigenvalue weighted by atomic mass is 79.9. The van der Waals surface area contributed by atoms with Crippen molar-refractivity contribution < 1.29 is 0 Å². The van der Waals surface area contributed by atoms with Crippen LogP contribution in [0.25, 0.3) is 0 Å². The van der Waals surface area contributed by atoms with E-state index in [1.54, 1.807) is 0 Å². The van der Waals surface area contributed by atoms with Crippen molar-refractivity contribution in [3.8, 4) is 0 Å². The Morgan fingerprint density at radius 1 is 1.26 bits per heavy atom. The number of rotatable bonds is 4. The number of aryl methyl sites for hydroxylation is 1. The highest BCUT2D eigenvalue weighted by molar-refractivity contribution is 9.10. The predicted octanol–water partition coefficient (Wildman–Crippen LogP) is 5.23. The van der Waals surface area contributed by atoms with E-state index in [4.69, 9.17) is 0 Å². The summed E-state index contributed by atoms with van der Waals surface area (Å²) in [6.45, 7) is 7.82. The number of hydrogen-bond acceptors (Lipinski definition) is 1. The van der Waals surface area contributed by atoms with Crippen LogP contribution in [0.4, 0.5) is 0 Å². The van der Waals surface area contributed by atoms with Crippen LogP contribution >= 0.6 is 15.9 Å². The second-order valence-electron chi connectivity index (χ2n) is 6.03. The predicted molar refractivity (Wildman–Crippen MR) is 86.4 cm³/mol. The molecule has 1 N–H and O–H groups in total. The molecular weight excluding hydrogens is 298 g/mol. The molecular formula is C17H26BrN. The zero-order chi connectivity index (χ0) is 13.8. The van der Waals surface area contributed by atoms with E-state index >= 15 is 0 Å². The minimum atomic E-state index is 0.506. The van der Waals surface area contributed by atoms with E-state index < -0.39 is 0 Å². The Morgan fingerprint density at radius 3 is 2.58 bits per heavy atom. The van der Waals surface area contributed by atoms with Crippen LogP contribution in [0.1, 0.15) is 56.7 Å². The van der Waals surface area contributed by atoms with Crippen LogP contribution in [0.3, 0.4) is 0 Å². The summed E-state index contributed by atoms with van der Waals surface area (Å²) in [5.74, 6) is 1.70. The number of benzene rings is 1. The Morgan fingerprint density at radius 2 is 1.95 bits per heavy atom. The molecule has 1 nitrogen and oxygen atoms in total. The normalized spacial score (nSPS) is 25.3. The third-order valence-electron chi connectivity index (χ3n) is 4.51. The highest BCUT2D eigenvalue weighted by Gasteiger charge is 2.28. The van der Waals surface area contributed by atoms with Gasteiger partial charge in [-0.15, -0.1) is 0 Å². The average molecular weight is 324 g/mol. The lowest BCUT2D eigenvalue weighted by atomic mass is 9.77. The first-order chi connectivity index (χ1) is 9.13. The second kappa shape index (κ2) is 6.90. The summed E-state index contributed by atoms with van der Waals surface area (Å²) >= 11 is 3.79. The van der Waals surface area contributed by atoms with Gasteiger partial charge in [0.25, 0.3) is 0 Å². The molecule has 1 aliphatic carbocycles. The molecule has 1 fully saturated rings. The molecule has 0 bridgehead atoms. The molecule has 1 unspecified atom stereocenters. The SMILES string of the molecule is CCNC(c1cccc(C)c1Br)C1CCC(C)CC1. The molecule has 106 valence electrons. The maximum atomic E-state index is 3.79. The van der Waals surface area contributed by atoms with Crippen LogP contribution in [0.15, 0.2) is 22.7 Å². The summed E-state index contributed by atoms with van der Waals surface area (Å²) in [7, 11) is 0. The fourth-order valence-electron chi connectivity index (χ4n) is 3.28. The van der Waals surface area contributed by atoms with Crippen molar-refractivity contribution in [1.29, 1.82) is 0 Å². The number of nitrogens with one attached hydrogen (secondary N) is 1. The maximum absolute atomic E-state index is 3.79. The Labute approximate surface area is 126 Å². The van der Waals surface area contributed by atoms with Gasteiger partial charge in [0.1, 0.15) is 0 Å². The van der Waals surface area contributed by atoms with E-state index in [1.165, 1.54) is 41.3 Å². The Kier molecular flexibility index (Phi) is 5.47. The maximum Gasteiger partial charge on any atom is 0.0359 e. The molecule has 1 aromatic rings. The lowest BCUT2D eigenvalue weighted by Gasteiger charge is -2.34. The Balaban J connectivity index is 2.22. The van der Waals surface area contributed by atoms with Crippen LogP contribution in [0.2, 0.25) is 0 Å². The molecule has 1 aromatic carbocycles. The largest absolute Gasteiger partial charge is 0.310 e. The topological polar surface area (TPSA) is 12.0 Å². The lowest BCUT2D eigenvalue weighted by Crippen LogP contribution is -2.31. The highest BCUT2D eigenvalue weighted by Crippen LogP contribution is 2.39. The minimum Gasteiger partial charge on any atom is -0.310 e. The van der Waals surface area contributed by atoms with Crippen LogP contribution in [-0.2, 0) is 0 Å². The third-order valence-corrected chi connectivity index (χ3v) is 5.60. The molecule has 1 saturated carbocycles. The molecule has 0 amide bonds. The molecule has 0 heterocycles. The van der Waals surface area contributed by atoms with Gasteiger partial charge in [-0.3, -0.25) is 0 Å². The summed E-state index contributed by atoms with van der Waals surface area (Å²) in [6.07, 6.45) is 5.49. The molecule has 0 aromatic heterocycles. The smallest absolute Gasteiger partial charge is 0.0359 e. The van der Waals surface area contributed by atoms with Crippen LogP contribution in [-0.4, -0.2) is 6.54 Å². The molecule has 0 aliphatic heterocycles. The van der Waals surface area contributed by atoms with Crippen LogP contribution < -0.4 is 5.32 Å². The fraction of sp³-hybridized carbons (Fsp3) is 0.647. The van der Waals surface area contributed by atoms with Gasteiger partial charge >= 0.3 is 0 Å². The van der Waals surface area contributed by atoms with Crippen molar-refractivity contribution in [1.82, 2.24) is 5.32 Å². The van der Waals surface area contributed by atoms with Crippen molar-refractivity contribution in [2.24, 2.45) is 11.8 Å². The zero-order valence-electron chi connectivity index (χ0n) is 12.4. The standard InChI is InChI=1S/C17H26BrN/c1-4-19-17(14-10-8-12(2)9-11-14)15-7-5-6-13(3)16(15)18/h5-7,12,14,17,19H,4,8-11H2,1-3H3. The van der Waals surface area contributed by atoms with E-state index in [-0.39, 0.29) is 0 Å². The summed E-state index contributed by atoms with van der Waals surface area (Å²) in [4.78, 5) is 0. The zero-order valence-corrected chi connectivity index (χ0v) is 14.0. The minimum absolute atomic E-state index is 0.506. The van der Waals surface area contributed by atoms with Crippen molar-refractivity contribution in [3.05, 3.63) is 33.8 Å². The van der Waals surface area contributed by atoms with E-state index in [0.717, 1.165) is 18.4 Å². The fourth-order valence-corrected chi connectivity index (χ4v) is 3.79. The van der Waals surface area contributed by atoms with Gasteiger partial charge in [0.05, 0.1) is 0 Å². The average Bonchev–Trinajstić information content (AvgIpc) is 2.41. The van der Waals surface area contributed by atoms with Gasteiger partial charge in [0, 0.05) is 10.5 Å². The lowest BCUT2D eigenvalue weighted by molar-refractivity contribution is 0.232. The Hall–Kier alpha value is -0.340. The molecule has 0 spiro atoms. The first-order valence-corrected chi connectivity index (χ1v) is 8.41. The summed E-state index contributed by atoms with van der Waals surface area (Å²) in [5.41, 5.74) is 2.78. The summed E-state index contributed by atoms with van der Waals surface area (Å²) in [5, 5.41) is 3.72. The molecule has 1 aliphatic rings. The number of hydrogen-bond donors (Lipinski definition) is 1.